The molecule has 9 nitrogen and oxygen atoms in total. The maximum absolute atomic E-state index is 13.7. The number of hydrogen-bond acceptors (Lipinski definition) is 8. The number of halogens is 2. The van der Waals surface area contributed by atoms with Crippen molar-refractivity contribution in [3.8, 4) is 17.6 Å². The number of nitrogens with one attached hydrogen (secondary N) is 1. The third kappa shape index (κ3) is 7.73. The van der Waals surface area contributed by atoms with Crippen LogP contribution in [-0.2, 0) is 25.9 Å². The Labute approximate surface area is 244 Å². The van der Waals surface area contributed by atoms with Gasteiger partial charge in [0, 0.05) is 37.2 Å². The summed E-state index contributed by atoms with van der Waals surface area (Å²) in [5, 5.41) is 9.43. The van der Waals surface area contributed by atoms with E-state index in [1.807, 2.05) is 24.3 Å². The van der Waals surface area contributed by atoms with Crippen LogP contribution in [-0.4, -0.2) is 86.6 Å². The van der Waals surface area contributed by atoms with Crippen LogP contribution in [0, 0.1) is 11.8 Å². The Balaban J connectivity index is 0.00000420. The molecule has 2 aliphatic rings. The molecular formula is C27H33BrClN3O6S. The van der Waals surface area contributed by atoms with E-state index in [0.29, 0.717) is 31.9 Å². The largest absolute Gasteiger partial charge is 0.481 e. The average molecular weight is 643 g/mol. The molecule has 0 aliphatic carbocycles. The van der Waals surface area contributed by atoms with Crippen molar-refractivity contribution in [2.75, 3.05) is 52.5 Å². The fraction of sp³-hybridized carbons (Fsp3) is 0.444. The summed E-state index contributed by atoms with van der Waals surface area (Å²) in [6, 6.07) is 13.9. The number of sulfone groups is 1. The van der Waals surface area contributed by atoms with Gasteiger partial charge >= 0.3 is 0 Å². The molecule has 0 spiro atoms. The summed E-state index contributed by atoms with van der Waals surface area (Å²) in [6.07, 6.45) is 0.129. The highest BCUT2D eigenvalue weighted by molar-refractivity contribution is 9.10. The van der Waals surface area contributed by atoms with Crippen molar-refractivity contribution in [3.63, 3.8) is 0 Å². The first-order valence-corrected chi connectivity index (χ1v) is 14.8. The van der Waals surface area contributed by atoms with Crippen LogP contribution in [0.2, 0.25) is 0 Å². The average Bonchev–Trinajstić information content (AvgIpc) is 2.95. The third-order valence-corrected chi connectivity index (χ3v) is 10.0. The topological polar surface area (TPSA) is 108 Å². The molecule has 2 N–H and O–H groups in total. The SMILES string of the molecule is Cl.O=C(NO)C1(S(=O)(=O)c2ccc(OCC#CCN3CCOCC3)cc2)CCN(Cc2ccc(Br)cc2)CC1. The molecule has 2 heterocycles. The van der Waals surface area contributed by atoms with Crippen LogP contribution in [0.1, 0.15) is 18.4 Å². The van der Waals surface area contributed by atoms with Gasteiger partial charge < -0.3 is 9.47 Å². The van der Waals surface area contributed by atoms with Gasteiger partial charge in [-0.05, 0) is 54.8 Å². The minimum Gasteiger partial charge on any atom is -0.481 e. The summed E-state index contributed by atoms with van der Waals surface area (Å²) in [5.41, 5.74) is 2.70. The maximum atomic E-state index is 13.7. The summed E-state index contributed by atoms with van der Waals surface area (Å²) >= 11 is 3.42. The molecule has 39 heavy (non-hydrogen) atoms. The number of rotatable bonds is 8. The predicted octanol–water partition coefficient (Wildman–Crippen LogP) is 2.90. The van der Waals surface area contributed by atoms with Gasteiger partial charge in [0.1, 0.15) is 12.4 Å². The normalized spacial score (nSPS) is 17.8. The van der Waals surface area contributed by atoms with Crippen molar-refractivity contribution in [2.45, 2.75) is 29.0 Å². The molecule has 12 heteroatoms. The summed E-state index contributed by atoms with van der Waals surface area (Å²) in [7, 11) is -4.10. The summed E-state index contributed by atoms with van der Waals surface area (Å²) in [5.74, 6) is 5.62. The van der Waals surface area contributed by atoms with Crippen molar-refractivity contribution in [1.29, 1.82) is 0 Å². The predicted molar refractivity (Wildman–Crippen MR) is 153 cm³/mol. The lowest BCUT2D eigenvalue weighted by Crippen LogP contribution is -2.57. The third-order valence-electron chi connectivity index (χ3n) is 6.99. The van der Waals surface area contributed by atoms with E-state index in [1.54, 1.807) is 17.6 Å². The molecule has 4 rings (SSSR count). The van der Waals surface area contributed by atoms with Crippen LogP contribution in [0.3, 0.4) is 0 Å². The molecule has 0 atom stereocenters. The highest BCUT2D eigenvalue weighted by Crippen LogP contribution is 2.37. The number of piperidine rings is 1. The van der Waals surface area contributed by atoms with Gasteiger partial charge in [-0.15, -0.1) is 12.4 Å². The number of carbonyl (C=O) groups excluding carboxylic acids is 1. The zero-order valence-electron chi connectivity index (χ0n) is 21.5. The van der Waals surface area contributed by atoms with Crippen LogP contribution in [0.25, 0.3) is 0 Å². The molecule has 2 aliphatic heterocycles. The molecule has 2 fully saturated rings. The van der Waals surface area contributed by atoms with Gasteiger partial charge in [0.2, 0.25) is 0 Å². The minimum absolute atomic E-state index is 0. The summed E-state index contributed by atoms with van der Waals surface area (Å²) < 4.78 is 37.6. The number of carbonyl (C=O) groups is 1. The van der Waals surface area contributed by atoms with Gasteiger partial charge in [0.05, 0.1) is 24.7 Å². The molecule has 2 aromatic carbocycles. The Morgan fingerprint density at radius 2 is 1.64 bits per heavy atom. The Morgan fingerprint density at radius 3 is 2.26 bits per heavy atom. The van der Waals surface area contributed by atoms with Crippen LogP contribution >= 0.6 is 28.3 Å². The fourth-order valence-electron chi connectivity index (χ4n) is 4.68. The molecular weight excluding hydrogens is 610 g/mol. The van der Waals surface area contributed by atoms with Gasteiger partial charge in [-0.3, -0.25) is 19.8 Å². The Bertz CT molecular complexity index is 1250. The number of amides is 1. The van der Waals surface area contributed by atoms with Crippen molar-refractivity contribution >= 4 is 44.1 Å². The van der Waals surface area contributed by atoms with E-state index in [4.69, 9.17) is 9.47 Å². The summed E-state index contributed by atoms with van der Waals surface area (Å²) in [6.45, 7) is 5.44. The van der Waals surface area contributed by atoms with Gasteiger partial charge in [0.15, 0.2) is 14.6 Å². The van der Waals surface area contributed by atoms with E-state index in [1.165, 1.54) is 12.1 Å². The Hall–Kier alpha value is -2.17. The number of nitrogens with zero attached hydrogens (tertiary/aromatic N) is 2. The van der Waals surface area contributed by atoms with Crippen molar-refractivity contribution < 1.29 is 27.9 Å². The van der Waals surface area contributed by atoms with Crippen LogP contribution in [0.15, 0.2) is 57.9 Å². The van der Waals surface area contributed by atoms with Gasteiger partial charge in [-0.25, -0.2) is 13.9 Å². The first-order chi connectivity index (χ1) is 18.3. The molecule has 0 aromatic heterocycles. The maximum Gasteiger partial charge on any atom is 0.265 e. The highest BCUT2D eigenvalue weighted by Gasteiger charge is 2.52. The van der Waals surface area contributed by atoms with E-state index < -0.39 is 20.5 Å². The first kappa shape index (κ1) is 31.4. The van der Waals surface area contributed by atoms with Gasteiger partial charge in [-0.2, -0.15) is 0 Å². The highest BCUT2D eigenvalue weighted by atomic mass is 79.9. The van der Waals surface area contributed by atoms with Crippen LogP contribution in [0.4, 0.5) is 0 Å². The van der Waals surface area contributed by atoms with E-state index in [9.17, 15) is 18.4 Å². The second kappa shape index (κ2) is 14.5. The van der Waals surface area contributed by atoms with Crippen molar-refractivity contribution in [3.05, 3.63) is 58.6 Å². The molecule has 0 bridgehead atoms. The molecule has 0 radical (unpaired) electrons. The zero-order chi connectivity index (χ0) is 27.0. The molecule has 1 amide bonds. The Morgan fingerprint density at radius 1 is 1.00 bits per heavy atom. The lowest BCUT2D eigenvalue weighted by Gasteiger charge is -2.39. The monoisotopic (exact) mass is 641 g/mol. The molecule has 2 saturated heterocycles. The number of hydroxylamine groups is 1. The minimum atomic E-state index is -4.10. The number of morpholine rings is 1. The lowest BCUT2D eigenvalue weighted by molar-refractivity contribution is -0.133. The summed E-state index contributed by atoms with van der Waals surface area (Å²) in [4.78, 5) is 17.1. The van der Waals surface area contributed by atoms with E-state index >= 15 is 0 Å². The number of benzene rings is 2. The molecule has 0 saturated carbocycles. The van der Waals surface area contributed by atoms with Crippen molar-refractivity contribution in [1.82, 2.24) is 15.3 Å². The molecule has 2 aromatic rings. The quantitative estimate of drug-likeness (QED) is 0.257. The fourth-order valence-corrected chi connectivity index (χ4v) is 6.90. The lowest BCUT2D eigenvalue weighted by atomic mass is 9.94. The number of hydrogen-bond donors (Lipinski definition) is 2. The molecule has 212 valence electrons. The van der Waals surface area contributed by atoms with E-state index in [0.717, 1.165) is 36.3 Å². The van der Waals surface area contributed by atoms with E-state index in [2.05, 4.69) is 37.6 Å². The standard InChI is InChI=1S/C27H32BrN3O6S.ClH/c28-23-5-3-22(4-6-23)21-31-14-11-27(12-15-31,26(32)29-33)38(34,35)25-9-7-24(8-10-25)37-18-2-1-13-30-16-19-36-20-17-30;/h3-10,33H,11-21H2,(H,29,32);1H. The number of ether oxygens (including phenoxy) is 2. The van der Waals surface area contributed by atoms with Gasteiger partial charge in [-0.1, -0.05) is 39.9 Å². The zero-order valence-corrected chi connectivity index (χ0v) is 24.7. The van der Waals surface area contributed by atoms with E-state index in [-0.39, 0.29) is 36.8 Å². The number of likely N-dealkylation sites (tertiary alicyclic amines) is 1. The first-order valence-electron chi connectivity index (χ1n) is 12.5. The van der Waals surface area contributed by atoms with Crippen LogP contribution in [0.5, 0.6) is 5.75 Å². The molecule has 0 unspecified atom stereocenters. The van der Waals surface area contributed by atoms with Gasteiger partial charge in [0.25, 0.3) is 5.91 Å². The van der Waals surface area contributed by atoms with Crippen molar-refractivity contribution in [2.24, 2.45) is 0 Å². The van der Waals surface area contributed by atoms with Crippen LogP contribution < -0.4 is 10.2 Å². The smallest absolute Gasteiger partial charge is 0.265 e. The Kier molecular flexibility index (Phi) is 11.6. The second-order valence-electron chi connectivity index (χ2n) is 9.34. The second-order valence-corrected chi connectivity index (χ2v) is 12.5.